The predicted octanol–water partition coefficient (Wildman–Crippen LogP) is 4.09. The maximum absolute atomic E-state index is 16.3. The van der Waals surface area contributed by atoms with Crippen LogP contribution in [0.2, 0.25) is 0 Å². The van der Waals surface area contributed by atoms with Gasteiger partial charge >= 0.3 is 0 Å². The van der Waals surface area contributed by atoms with Crippen LogP contribution in [0.1, 0.15) is 101 Å². The number of alkyl halides is 1. The normalized spacial score (nSPS) is 21.2. The van der Waals surface area contributed by atoms with Crippen LogP contribution in [0.3, 0.4) is 0 Å². The summed E-state index contributed by atoms with van der Waals surface area (Å²) >= 11 is 0. The predicted molar refractivity (Wildman–Crippen MR) is 221 cm³/mol. The first-order valence-electron chi connectivity index (χ1n) is 20.8. The second-order valence-electron chi connectivity index (χ2n) is 16.7. The number of imide groups is 2. The van der Waals surface area contributed by atoms with E-state index in [0.717, 1.165) is 42.0 Å². The molecule has 17 heteroatoms. The highest BCUT2D eigenvalue weighted by Crippen LogP contribution is 2.36. The first-order chi connectivity index (χ1) is 28.9. The highest BCUT2D eigenvalue weighted by Gasteiger charge is 2.45. The molecule has 0 spiro atoms. The van der Waals surface area contributed by atoms with Gasteiger partial charge in [0.15, 0.2) is 5.78 Å². The number of aryl methyl sites for hydroxylation is 1. The summed E-state index contributed by atoms with van der Waals surface area (Å²) in [5.41, 5.74) is 1.73. The number of piperidine rings is 2. The third-order valence-corrected chi connectivity index (χ3v) is 12.9. The fourth-order valence-corrected chi connectivity index (χ4v) is 9.61. The molecule has 1 saturated carbocycles. The quantitative estimate of drug-likeness (QED) is 0.182. The first-order valence-corrected chi connectivity index (χ1v) is 20.8. The summed E-state index contributed by atoms with van der Waals surface area (Å²) in [6.07, 6.45) is 7.99. The van der Waals surface area contributed by atoms with Crippen molar-refractivity contribution in [1.82, 2.24) is 34.6 Å². The van der Waals surface area contributed by atoms with Gasteiger partial charge in [-0.2, -0.15) is 4.98 Å². The number of rotatable bonds is 9. The summed E-state index contributed by atoms with van der Waals surface area (Å²) in [5.74, 6) is -1.60. The molecule has 1 unspecified atom stereocenters. The lowest BCUT2D eigenvalue weighted by Gasteiger charge is -2.42. The van der Waals surface area contributed by atoms with E-state index >= 15 is 4.39 Å². The Labute approximate surface area is 345 Å². The van der Waals surface area contributed by atoms with Gasteiger partial charge in [0.05, 0.1) is 28.6 Å². The zero-order chi connectivity index (χ0) is 41.9. The van der Waals surface area contributed by atoms with Crippen molar-refractivity contribution in [2.45, 2.75) is 83.0 Å². The zero-order valence-corrected chi connectivity index (χ0v) is 33.7. The fourth-order valence-electron chi connectivity index (χ4n) is 9.61. The van der Waals surface area contributed by atoms with Crippen LogP contribution >= 0.6 is 0 Å². The number of pyridine rings is 2. The minimum absolute atomic E-state index is 0.0167. The number of piperazine rings is 1. The van der Waals surface area contributed by atoms with Gasteiger partial charge in [0, 0.05) is 88.4 Å². The maximum atomic E-state index is 16.3. The maximum Gasteiger partial charge on any atom is 0.263 e. The number of Topliss-reactive ketones (excluding diaryl/α,β-unsaturated/α-hetero) is 1. The molecule has 60 heavy (non-hydrogen) atoms. The monoisotopic (exact) mass is 818 g/mol. The standard InChI is InChI=1S/C43H47FN10O6/c1-25-32-23-46-42(49-37(32)53(27-5-3-4-6-27)41(60)36(25)26(2)55)47-34-11-8-29(22-45-34)52-19-17-50(18-20-52)24-43(44)13-15-51(16-14-43)28-7-9-30-31(21-28)40(59)54(39(30)58)33-10-12-35(56)48-38(33)57/h7-9,11,21-23,27,33H,3-6,10,12-20,24H2,1-2H3,(H,48,56,57)(H,45,46,47,49). The number of nitrogens with zero attached hydrogens (tertiary/aromatic N) is 8. The number of amides is 4. The molecule has 4 aromatic rings. The lowest BCUT2D eigenvalue weighted by molar-refractivity contribution is -0.136. The highest BCUT2D eigenvalue weighted by atomic mass is 19.1. The second-order valence-corrected chi connectivity index (χ2v) is 16.7. The summed E-state index contributed by atoms with van der Waals surface area (Å²) in [7, 11) is 0. The van der Waals surface area contributed by atoms with Crippen LogP contribution in [0, 0.1) is 6.92 Å². The minimum atomic E-state index is -1.37. The summed E-state index contributed by atoms with van der Waals surface area (Å²) in [6, 6.07) is 7.81. The number of ketones is 1. The van der Waals surface area contributed by atoms with E-state index < -0.39 is 35.3 Å². The largest absolute Gasteiger partial charge is 0.371 e. The lowest BCUT2D eigenvalue weighted by atomic mass is 9.91. The number of carbonyl (C=O) groups is 5. The van der Waals surface area contributed by atoms with Crippen molar-refractivity contribution in [3.05, 3.63) is 75.3 Å². The molecule has 16 nitrogen and oxygen atoms in total. The van der Waals surface area contributed by atoms with Gasteiger partial charge in [0.25, 0.3) is 17.4 Å². The van der Waals surface area contributed by atoms with Crippen molar-refractivity contribution < 1.29 is 28.4 Å². The second kappa shape index (κ2) is 15.5. The number of hydrogen-bond acceptors (Lipinski definition) is 13. The Bertz CT molecular complexity index is 2490. The van der Waals surface area contributed by atoms with E-state index in [1.54, 1.807) is 42.1 Å². The number of fused-ring (bicyclic) bond motifs is 2. The topological polar surface area (TPSA) is 183 Å². The number of aromatic nitrogens is 4. The molecule has 312 valence electrons. The van der Waals surface area contributed by atoms with Gasteiger partial charge in [-0.15, -0.1) is 0 Å². The van der Waals surface area contributed by atoms with Crippen molar-refractivity contribution in [2.75, 3.05) is 60.9 Å². The number of benzene rings is 1. The lowest BCUT2D eigenvalue weighted by Crippen LogP contribution is -2.54. The first kappa shape index (κ1) is 39.4. The van der Waals surface area contributed by atoms with Crippen LogP contribution in [0.4, 0.5) is 27.5 Å². The Morgan fingerprint density at radius 1 is 0.867 bits per heavy atom. The van der Waals surface area contributed by atoms with E-state index in [-0.39, 0.29) is 46.9 Å². The van der Waals surface area contributed by atoms with Crippen molar-refractivity contribution in [3.63, 3.8) is 0 Å². The van der Waals surface area contributed by atoms with Gasteiger partial charge in [-0.25, -0.2) is 14.4 Å². The molecule has 0 bridgehead atoms. The van der Waals surface area contributed by atoms with E-state index in [1.807, 2.05) is 17.0 Å². The molecule has 1 aliphatic carbocycles. The Morgan fingerprint density at radius 3 is 2.25 bits per heavy atom. The summed E-state index contributed by atoms with van der Waals surface area (Å²) in [6.45, 7) is 7.22. The fraction of sp³-hybridized carbons (Fsp3) is 0.465. The number of hydrogen-bond donors (Lipinski definition) is 2. The number of nitrogens with one attached hydrogen (secondary N) is 2. The summed E-state index contributed by atoms with van der Waals surface area (Å²) in [5, 5.41) is 6.08. The van der Waals surface area contributed by atoms with E-state index in [0.29, 0.717) is 87.0 Å². The third kappa shape index (κ3) is 7.17. The number of halogens is 1. The van der Waals surface area contributed by atoms with Crippen molar-refractivity contribution in [3.8, 4) is 0 Å². The van der Waals surface area contributed by atoms with Crippen LogP contribution < -0.4 is 26.0 Å². The Hall–Kier alpha value is -6.10. The van der Waals surface area contributed by atoms with Gasteiger partial charge in [0.2, 0.25) is 17.8 Å². The molecule has 1 atom stereocenters. The summed E-state index contributed by atoms with van der Waals surface area (Å²) in [4.78, 5) is 97.9. The summed E-state index contributed by atoms with van der Waals surface area (Å²) < 4.78 is 18.0. The molecule has 0 radical (unpaired) electrons. The van der Waals surface area contributed by atoms with E-state index in [1.165, 1.54) is 6.92 Å². The van der Waals surface area contributed by atoms with Crippen molar-refractivity contribution in [2.24, 2.45) is 0 Å². The van der Waals surface area contributed by atoms with Crippen molar-refractivity contribution in [1.29, 1.82) is 0 Å². The molecule has 1 aromatic carbocycles. The van der Waals surface area contributed by atoms with Gasteiger partial charge in [-0.1, -0.05) is 12.8 Å². The average Bonchev–Trinajstić information content (AvgIpc) is 3.84. The van der Waals surface area contributed by atoms with Crippen molar-refractivity contribution >= 4 is 63.6 Å². The molecule has 4 aliphatic heterocycles. The average molecular weight is 819 g/mol. The zero-order valence-electron chi connectivity index (χ0n) is 33.7. The molecule has 3 saturated heterocycles. The highest BCUT2D eigenvalue weighted by molar-refractivity contribution is 6.23. The minimum Gasteiger partial charge on any atom is -0.371 e. The molecular weight excluding hydrogens is 772 g/mol. The molecule has 4 fully saturated rings. The van der Waals surface area contributed by atoms with Crippen LogP contribution in [0.25, 0.3) is 11.0 Å². The van der Waals surface area contributed by atoms with Crippen LogP contribution in [-0.2, 0) is 9.59 Å². The molecule has 9 rings (SSSR count). The van der Waals surface area contributed by atoms with Crippen LogP contribution in [0.15, 0.2) is 47.5 Å². The van der Waals surface area contributed by atoms with Gasteiger partial charge in [-0.3, -0.25) is 48.5 Å². The van der Waals surface area contributed by atoms with E-state index in [4.69, 9.17) is 4.98 Å². The number of carbonyl (C=O) groups excluding carboxylic acids is 5. The Morgan fingerprint density at radius 2 is 1.57 bits per heavy atom. The number of anilines is 4. The van der Waals surface area contributed by atoms with Gasteiger partial charge in [-0.05, 0) is 69.0 Å². The smallest absolute Gasteiger partial charge is 0.263 e. The van der Waals surface area contributed by atoms with E-state index in [9.17, 15) is 28.8 Å². The van der Waals surface area contributed by atoms with Gasteiger partial charge < -0.3 is 15.1 Å². The molecule has 3 aromatic heterocycles. The molecule has 2 N–H and O–H groups in total. The molecule has 5 aliphatic rings. The van der Waals surface area contributed by atoms with Gasteiger partial charge in [0.1, 0.15) is 23.2 Å². The SMILES string of the molecule is CC(=O)c1c(C)c2cnc(Nc3ccc(N4CCN(CC5(F)CCN(c6ccc7c(c6)C(=O)N(C6CCC(=O)NC6=O)C7=O)CC5)CC4)cn3)nc2n(C2CCCC2)c1=O. The van der Waals surface area contributed by atoms with Crippen LogP contribution in [0.5, 0.6) is 0 Å². The van der Waals surface area contributed by atoms with E-state index in [2.05, 4.69) is 30.4 Å². The molecular formula is C43H47FN10O6. The Balaban J connectivity index is 0.788. The third-order valence-electron chi connectivity index (χ3n) is 12.9. The molecule has 4 amide bonds. The van der Waals surface area contributed by atoms with Crippen LogP contribution in [-0.4, -0.2) is 116 Å². The molecule has 7 heterocycles. The Kier molecular flexibility index (Phi) is 10.2.